The van der Waals surface area contributed by atoms with Gasteiger partial charge < -0.3 is 4.42 Å². The second-order valence-electron chi connectivity index (χ2n) is 17.5. The van der Waals surface area contributed by atoms with E-state index in [1.54, 1.807) is 0 Å². The first-order valence-electron chi connectivity index (χ1n) is 22.3. The number of hydrogen-bond donors (Lipinski definition) is 0. The van der Waals surface area contributed by atoms with E-state index in [0.29, 0.717) is 5.92 Å². The van der Waals surface area contributed by atoms with Crippen molar-refractivity contribution in [3.8, 4) is 55.6 Å². The van der Waals surface area contributed by atoms with Gasteiger partial charge in [-0.15, -0.1) is 0 Å². The van der Waals surface area contributed by atoms with Crippen molar-refractivity contribution >= 4 is 54.3 Å². The Kier molecular flexibility index (Phi) is 8.89. The highest BCUT2D eigenvalue weighted by atomic mass is 16.3. The van der Waals surface area contributed by atoms with Crippen LogP contribution in [0.15, 0.2) is 199 Å². The van der Waals surface area contributed by atoms with Crippen LogP contribution < -0.4 is 0 Å². The molecular formula is C61H46O. The van der Waals surface area contributed by atoms with Crippen LogP contribution in [-0.2, 0) is 0 Å². The zero-order valence-corrected chi connectivity index (χ0v) is 35.0. The van der Waals surface area contributed by atoms with Crippen molar-refractivity contribution < 1.29 is 4.42 Å². The highest BCUT2D eigenvalue weighted by Gasteiger charge is 2.19. The van der Waals surface area contributed by atoms with E-state index in [1.165, 1.54) is 126 Å². The van der Waals surface area contributed by atoms with Crippen LogP contribution >= 0.6 is 0 Å². The fourth-order valence-electron chi connectivity index (χ4n) is 10.6. The summed E-state index contributed by atoms with van der Waals surface area (Å²) in [5, 5.41) is 10.2. The standard InChI is InChI=1S/C61H46O/c1-39-33-45(29-31-50(39)46-30-32-56-54-19-6-5-17-52(54)53-18-7-8-20-55(53)59(56)38-46)43-15-11-16-44(34-43)49-36-47(40-13-3-2-4-14-40)35-48(37-49)41-25-27-42(28-26-41)51-22-12-23-58-57-21-9-10-24-60(57)62-61(51)58/h5-12,15-38,40H,2-4,13-14H2,1H3. The summed E-state index contributed by atoms with van der Waals surface area (Å²) >= 11 is 0. The summed E-state index contributed by atoms with van der Waals surface area (Å²) in [6, 6.07) is 72.1. The number of fused-ring (bicyclic) bond motifs is 9. The fourth-order valence-corrected chi connectivity index (χ4v) is 10.6. The Morgan fingerprint density at radius 2 is 0.871 bits per heavy atom. The van der Waals surface area contributed by atoms with Crippen LogP contribution in [0, 0.1) is 6.92 Å². The first-order valence-corrected chi connectivity index (χ1v) is 22.3. The fraction of sp³-hybridized carbons (Fsp3) is 0.115. The summed E-state index contributed by atoms with van der Waals surface area (Å²) in [7, 11) is 0. The summed E-state index contributed by atoms with van der Waals surface area (Å²) < 4.78 is 6.41. The molecule has 1 heteroatoms. The summed E-state index contributed by atoms with van der Waals surface area (Å²) in [6.07, 6.45) is 6.49. The minimum atomic E-state index is 0.595. The Morgan fingerprint density at radius 3 is 1.60 bits per heavy atom. The van der Waals surface area contributed by atoms with Crippen molar-refractivity contribution in [2.45, 2.75) is 44.9 Å². The number of rotatable bonds is 6. The molecule has 0 amide bonds. The van der Waals surface area contributed by atoms with Crippen LogP contribution in [0.5, 0.6) is 0 Å². The summed E-state index contributed by atoms with van der Waals surface area (Å²) in [4.78, 5) is 0. The molecule has 1 fully saturated rings. The molecule has 1 heterocycles. The third-order valence-electron chi connectivity index (χ3n) is 13.8. The second-order valence-corrected chi connectivity index (χ2v) is 17.5. The first-order chi connectivity index (χ1) is 30.6. The first kappa shape index (κ1) is 36.6. The quantitative estimate of drug-likeness (QED) is 0.153. The Bertz CT molecular complexity index is 3470. The highest BCUT2D eigenvalue weighted by molar-refractivity contribution is 6.25. The van der Waals surface area contributed by atoms with E-state index in [1.807, 2.05) is 6.07 Å². The van der Waals surface area contributed by atoms with Gasteiger partial charge in [0.2, 0.25) is 0 Å². The van der Waals surface area contributed by atoms with Gasteiger partial charge in [0, 0.05) is 16.3 Å². The van der Waals surface area contributed by atoms with Gasteiger partial charge in [-0.1, -0.05) is 189 Å². The number of benzene rings is 10. The van der Waals surface area contributed by atoms with E-state index in [0.717, 1.165) is 27.5 Å². The lowest BCUT2D eigenvalue weighted by atomic mass is 9.81. The summed E-state index contributed by atoms with van der Waals surface area (Å²) in [5.41, 5.74) is 17.0. The number of para-hydroxylation sites is 2. The SMILES string of the molecule is Cc1cc(-c2cccc(-c3cc(-c4ccc(-c5cccc6c5oc5ccccc56)cc4)cc(C4CCCCC4)c3)c2)ccc1-c1ccc2c3ccccc3c3ccccc3c2c1. The molecule has 10 aromatic carbocycles. The molecule has 296 valence electrons. The van der Waals surface area contributed by atoms with Gasteiger partial charge in [-0.25, -0.2) is 0 Å². The van der Waals surface area contributed by atoms with Crippen LogP contribution in [0.1, 0.15) is 49.1 Å². The Morgan fingerprint density at radius 1 is 0.339 bits per heavy atom. The van der Waals surface area contributed by atoms with E-state index in [2.05, 4.69) is 195 Å². The molecule has 0 bridgehead atoms. The summed E-state index contributed by atoms with van der Waals surface area (Å²) in [6.45, 7) is 2.26. The molecule has 0 atom stereocenters. The lowest BCUT2D eigenvalue weighted by Gasteiger charge is -2.23. The van der Waals surface area contributed by atoms with Gasteiger partial charge >= 0.3 is 0 Å². The molecule has 1 aromatic heterocycles. The molecule has 1 aliphatic rings. The number of furan rings is 1. The minimum absolute atomic E-state index is 0.595. The lowest BCUT2D eigenvalue weighted by Crippen LogP contribution is -2.05. The van der Waals surface area contributed by atoms with Gasteiger partial charge in [-0.2, -0.15) is 0 Å². The van der Waals surface area contributed by atoms with Gasteiger partial charge in [0.25, 0.3) is 0 Å². The van der Waals surface area contributed by atoms with Gasteiger partial charge in [-0.3, -0.25) is 0 Å². The van der Waals surface area contributed by atoms with Gasteiger partial charge in [0.15, 0.2) is 0 Å². The number of hydrogen-bond acceptors (Lipinski definition) is 1. The molecule has 62 heavy (non-hydrogen) atoms. The maximum Gasteiger partial charge on any atom is 0.143 e. The van der Waals surface area contributed by atoms with Gasteiger partial charge in [-0.05, 0) is 143 Å². The van der Waals surface area contributed by atoms with Crippen molar-refractivity contribution in [2.75, 3.05) is 0 Å². The van der Waals surface area contributed by atoms with Crippen molar-refractivity contribution in [3.05, 3.63) is 205 Å². The van der Waals surface area contributed by atoms with Crippen LogP contribution in [-0.4, -0.2) is 0 Å². The predicted octanol–water partition coefficient (Wildman–Crippen LogP) is 17.7. The molecule has 11 aromatic rings. The topological polar surface area (TPSA) is 13.1 Å². The van der Waals surface area contributed by atoms with Crippen LogP contribution in [0.25, 0.3) is 110 Å². The molecular weight excluding hydrogens is 749 g/mol. The van der Waals surface area contributed by atoms with Gasteiger partial charge in [0.1, 0.15) is 11.2 Å². The van der Waals surface area contributed by atoms with Crippen molar-refractivity contribution in [1.82, 2.24) is 0 Å². The molecule has 0 radical (unpaired) electrons. The third kappa shape index (κ3) is 6.31. The zero-order chi connectivity index (χ0) is 41.1. The van der Waals surface area contributed by atoms with E-state index in [4.69, 9.17) is 4.42 Å². The van der Waals surface area contributed by atoms with Crippen molar-refractivity contribution in [2.24, 2.45) is 0 Å². The van der Waals surface area contributed by atoms with Crippen LogP contribution in [0.4, 0.5) is 0 Å². The van der Waals surface area contributed by atoms with Crippen molar-refractivity contribution in [1.29, 1.82) is 0 Å². The molecule has 0 spiro atoms. The molecule has 1 saturated carbocycles. The second kappa shape index (κ2) is 15.0. The average molecular weight is 795 g/mol. The van der Waals surface area contributed by atoms with Gasteiger partial charge in [0.05, 0.1) is 0 Å². The molecule has 1 nitrogen and oxygen atoms in total. The van der Waals surface area contributed by atoms with E-state index in [-0.39, 0.29) is 0 Å². The van der Waals surface area contributed by atoms with Crippen molar-refractivity contribution in [3.63, 3.8) is 0 Å². The highest BCUT2D eigenvalue weighted by Crippen LogP contribution is 2.42. The normalized spacial score (nSPS) is 13.5. The van der Waals surface area contributed by atoms with E-state index < -0.39 is 0 Å². The lowest BCUT2D eigenvalue weighted by molar-refractivity contribution is 0.444. The minimum Gasteiger partial charge on any atom is -0.455 e. The molecule has 0 N–H and O–H groups in total. The Labute approximate surface area is 362 Å². The number of aryl methyl sites for hydroxylation is 1. The largest absolute Gasteiger partial charge is 0.455 e. The smallest absolute Gasteiger partial charge is 0.143 e. The Balaban J connectivity index is 0.893. The predicted molar refractivity (Wildman–Crippen MR) is 264 cm³/mol. The molecule has 12 rings (SSSR count). The Hall–Kier alpha value is -7.22. The molecule has 0 unspecified atom stereocenters. The molecule has 0 aliphatic heterocycles. The zero-order valence-electron chi connectivity index (χ0n) is 35.0. The van der Waals surface area contributed by atoms with Crippen LogP contribution in [0.3, 0.4) is 0 Å². The maximum absolute atomic E-state index is 6.41. The average Bonchev–Trinajstić information content (AvgIpc) is 3.73. The van der Waals surface area contributed by atoms with Crippen LogP contribution in [0.2, 0.25) is 0 Å². The summed E-state index contributed by atoms with van der Waals surface area (Å²) in [5.74, 6) is 0.595. The maximum atomic E-state index is 6.41. The van der Waals surface area contributed by atoms with E-state index in [9.17, 15) is 0 Å². The monoisotopic (exact) mass is 794 g/mol. The third-order valence-corrected chi connectivity index (χ3v) is 13.8. The molecule has 1 aliphatic carbocycles. The molecule has 0 saturated heterocycles. The van der Waals surface area contributed by atoms with E-state index >= 15 is 0 Å².